The van der Waals surface area contributed by atoms with Gasteiger partial charge >= 0.3 is 0 Å². The highest BCUT2D eigenvalue weighted by Gasteiger charge is 2.07. The number of fused-ring (bicyclic) bond motifs is 3. The van der Waals surface area contributed by atoms with Crippen LogP contribution in [0.2, 0.25) is 0 Å². The summed E-state index contributed by atoms with van der Waals surface area (Å²) in [5, 5.41) is 15.3. The van der Waals surface area contributed by atoms with Gasteiger partial charge in [0.25, 0.3) is 0 Å². The van der Waals surface area contributed by atoms with Gasteiger partial charge in [0.15, 0.2) is 0 Å². The van der Waals surface area contributed by atoms with E-state index in [2.05, 4.69) is 16.4 Å². The Kier molecular flexibility index (Phi) is 2.93. The van der Waals surface area contributed by atoms with Crippen LogP contribution in [0.15, 0.2) is 42.5 Å². The first-order valence-electron chi connectivity index (χ1n) is 6.22. The van der Waals surface area contributed by atoms with Crippen LogP contribution >= 0.6 is 0 Å². The Morgan fingerprint density at radius 3 is 2.63 bits per heavy atom. The normalized spacial score (nSPS) is 11.0. The third-order valence-electron chi connectivity index (χ3n) is 3.13. The minimum absolute atomic E-state index is 0.0791. The van der Waals surface area contributed by atoms with E-state index in [4.69, 9.17) is 10.8 Å². The summed E-state index contributed by atoms with van der Waals surface area (Å²) < 4.78 is 0. The van der Waals surface area contributed by atoms with E-state index in [0.29, 0.717) is 6.54 Å². The Balaban J connectivity index is 2.33. The first-order chi connectivity index (χ1) is 9.29. The second kappa shape index (κ2) is 4.74. The van der Waals surface area contributed by atoms with Crippen LogP contribution in [0.3, 0.4) is 0 Å². The van der Waals surface area contributed by atoms with E-state index >= 15 is 0 Å². The number of nitrogen functional groups attached to an aromatic ring is 1. The molecular weight excluding hydrogens is 238 g/mol. The fourth-order valence-electron chi connectivity index (χ4n) is 2.28. The number of pyridine rings is 1. The Morgan fingerprint density at radius 1 is 1.05 bits per heavy atom. The van der Waals surface area contributed by atoms with Crippen molar-refractivity contribution in [1.29, 1.82) is 0 Å². The maximum absolute atomic E-state index is 8.94. The molecule has 0 aliphatic carbocycles. The summed E-state index contributed by atoms with van der Waals surface area (Å²) in [5.41, 5.74) is 7.49. The minimum atomic E-state index is 0.0791. The van der Waals surface area contributed by atoms with Crippen LogP contribution in [0.1, 0.15) is 0 Å². The number of rotatable bonds is 3. The van der Waals surface area contributed by atoms with Gasteiger partial charge in [0.2, 0.25) is 0 Å². The number of aromatic nitrogens is 1. The quantitative estimate of drug-likeness (QED) is 0.495. The topological polar surface area (TPSA) is 71.2 Å². The monoisotopic (exact) mass is 253 g/mol. The van der Waals surface area contributed by atoms with Crippen molar-refractivity contribution >= 4 is 33.2 Å². The summed E-state index contributed by atoms with van der Waals surface area (Å²) >= 11 is 0. The number of nitrogens with zero attached hydrogens (tertiary/aromatic N) is 1. The number of aliphatic hydroxyl groups excluding tert-OH is 1. The molecule has 96 valence electrons. The molecule has 0 radical (unpaired) electrons. The molecule has 0 saturated heterocycles. The van der Waals surface area contributed by atoms with E-state index in [1.165, 1.54) is 0 Å². The lowest BCUT2D eigenvalue weighted by molar-refractivity contribution is 0.311. The predicted octanol–water partition coefficient (Wildman–Crippen LogP) is 2.37. The van der Waals surface area contributed by atoms with E-state index in [0.717, 1.165) is 33.2 Å². The fourth-order valence-corrected chi connectivity index (χ4v) is 2.28. The molecule has 0 fully saturated rings. The average Bonchev–Trinajstić information content (AvgIpc) is 2.45. The Bertz CT molecular complexity index is 740. The van der Waals surface area contributed by atoms with E-state index in [9.17, 15) is 0 Å². The Labute approximate surface area is 110 Å². The molecule has 2 aromatic carbocycles. The largest absolute Gasteiger partial charge is 0.399 e. The summed E-state index contributed by atoms with van der Waals surface area (Å²) in [5.74, 6) is 0.793. The van der Waals surface area contributed by atoms with Crippen LogP contribution in [0.25, 0.3) is 21.7 Å². The van der Waals surface area contributed by atoms with Crippen molar-refractivity contribution in [2.75, 3.05) is 24.2 Å². The number of hydrogen-bond acceptors (Lipinski definition) is 4. The number of hydrogen-bond donors (Lipinski definition) is 3. The van der Waals surface area contributed by atoms with Crippen molar-refractivity contribution in [3.8, 4) is 0 Å². The van der Waals surface area contributed by atoms with Crippen molar-refractivity contribution in [3.05, 3.63) is 42.5 Å². The molecule has 1 aromatic heterocycles. The maximum Gasteiger partial charge on any atom is 0.134 e. The number of nitrogens with one attached hydrogen (secondary N) is 1. The maximum atomic E-state index is 8.94. The highest BCUT2D eigenvalue weighted by Crippen LogP contribution is 2.30. The van der Waals surface area contributed by atoms with Gasteiger partial charge in [0, 0.05) is 23.0 Å². The summed E-state index contributed by atoms with van der Waals surface area (Å²) in [7, 11) is 0. The van der Waals surface area contributed by atoms with Crippen LogP contribution in [0, 0.1) is 0 Å². The fraction of sp³-hybridized carbons (Fsp3) is 0.133. The van der Waals surface area contributed by atoms with Crippen molar-refractivity contribution in [1.82, 2.24) is 4.98 Å². The Hall–Kier alpha value is -2.33. The lowest BCUT2D eigenvalue weighted by atomic mass is 10.1. The van der Waals surface area contributed by atoms with Gasteiger partial charge in [0.05, 0.1) is 12.1 Å². The molecule has 0 amide bonds. The Morgan fingerprint density at radius 2 is 1.84 bits per heavy atom. The second-order valence-corrected chi connectivity index (χ2v) is 4.43. The summed E-state index contributed by atoms with van der Waals surface area (Å²) in [6.07, 6.45) is 0. The van der Waals surface area contributed by atoms with Crippen molar-refractivity contribution in [2.45, 2.75) is 0 Å². The minimum Gasteiger partial charge on any atom is -0.399 e. The summed E-state index contributed by atoms with van der Waals surface area (Å²) in [4.78, 5) is 4.60. The van der Waals surface area contributed by atoms with Gasteiger partial charge in [-0.15, -0.1) is 0 Å². The van der Waals surface area contributed by atoms with Gasteiger partial charge in [0.1, 0.15) is 5.82 Å². The van der Waals surface area contributed by atoms with E-state index in [1.807, 2.05) is 36.4 Å². The molecule has 0 unspecified atom stereocenters. The molecular formula is C15H15N3O. The zero-order valence-corrected chi connectivity index (χ0v) is 10.4. The number of nitrogens with two attached hydrogens (primary N) is 1. The SMILES string of the molecule is Nc1ccc2nc(NCCO)c3ccccc3c2c1. The first-order valence-corrected chi connectivity index (χ1v) is 6.22. The van der Waals surface area contributed by atoms with Crippen LogP contribution in [-0.2, 0) is 0 Å². The molecule has 0 spiro atoms. The molecule has 4 nitrogen and oxygen atoms in total. The van der Waals surface area contributed by atoms with Crippen LogP contribution in [0.5, 0.6) is 0 Å². The highest BCUT2D eigenvalue weighted by atomic mass is 16.3. The molecule has 3 rings (SSSR count). The molecule has 0 aliphatic heterocycles. The zero-order valence-electron chi connectivity index (χ0n) is 10.4. The molecule has 0 aliphatic rings. The molecule has 0 atom stereocenters. The van der Waals surface area contributed by atoms with Gasteiger partial charge in [-0.25, -0.2) is 4.98 Å². The highest BCUT2D eigenvalue weighted by molar-refractivity contribution is 6.10. The standard InChI is InChI=1S/C15H15N3O/c16-10-5-6-14-13(9-10)11-3-1-2-4-12(11)15(18-14)17-7-8-19/h1-6,9,19H,7-8,16H2,(H,17,18). The van der Waals surface area contributed by atoms with Crippen LogP contribution < -0.4 is 11.1 Å². The first kappa shape index (κ1) is 11.7. The van der Waals surface area contributed by atoms with Crippen LogP contribution in [0.4, 0.5) is 11.5 Å². The van der Waals surface area contributed by atoms with Crippen molar-refractivity contribution in [2.24, 2.45) is 0 Å². The molecule has 3 aromatic rings. The molecule has 4 heteroatoms. The molecule has 1 heterocycles. The van der Waals surface area contributed by atoms with Gasteiger partial charge in [-0.1, -0.05) is 24.3 Å². The summed E-state index contributed by atoms with van der Waals surface area (Å²) in [6.45, 7) is 0.563. The number of aliphatic hydroxyl groups is 1. The van der Waals surface area contributed by atoms with E-state index in [1.54, 1.807) is 0 Å². The average molecular weight is 253 g/mol. The third kappa shape index (κ3) is 2.06. The molecule has 0 bridgehead atoms. The predicted molar refractivity (Wildman–Crippen MR) is 79.2 cm³/mol. The van der Waals surface area contributed by atoms with Gasteiger partial charge in [-0.05, 0) is 23.6 Å². The second-order valence-electron chi connectivity index (χ2n) is 4.43. The lowest BCUT2D eigenvalue weighted by Crippen LogP contribution is -2.07. The smallest absolute Gasteiger partial charge is 0.134 e. The van der Waals surface area contributed by atoms with Gasteiger partial charge in [-0.3, -0.25) is 0 Å². The van der Waals surface area contributed by atoms with Crippen LogP contribution in [-0.4, -0.2) is 23.2 Å². The van der Waals surface area contributed by atoms with Gasteiger partial charge < -0.3 is 16.2 Å². The zero-order chi connectivity index (χ0) is 13.2. The van der Waals surface area contributed by atoms with Gasteiger partial charge in [-0.2, -0.15) is 0 Å². The number of benzene rings is 2. The van der Waals surface area contributed by atoms with E-state index in [-0.39, 0.29) is 6.61 Å². The van der Waals surface area contributed by atoms with Crippen molar-refractivity contribution < 1.29 is 5.11 Å². The van der Waals surface area contributed by atoms with Crippen molar-refractivity contribution in [3.63, 3.8) is 0 Å². The van der Waals surface area contributed by atoms with E-state index < -0.39 is 0 Å². The molecule has 0 saturated carbocycles. The summed E-state index contributed by atoms with van der Waals surface area (Å²) in [6, 6.07) is 13.8. The lowest BCUT2D eigenvalue weighted by Gasteiger charge is -2.11. The molecule has 4 N–H and O–H groups in total. The molecule has 19 heavy (non-hydrogen) atoms. The third-order valence-corrected chi connectivity index (χ3v) is 3.13. The number of anilines is 2.